The Balaban J connectivity index is 0.882. The quantitative estimate of drug-likeness (QED) is 0.394. The van der Waals surface area contributed by atoms with Gasteiger partial charge in [0.25, 0.3) is 0 Å². The smallest absolute Gasteiger partial charge is 0.410 e. The highest BCUT2D eigenvalue weighted by molar-refractivity contribution is 6.32. The third-order valence-electron chi connectivity index (χ3n) is 10.5. The lowest BCUT2D eigenvalue weighted by molar-refractivity contribution is -0.0683. The molecule has 266 valence electrons. The van der Waals surface area contributed by atoms with Crippen LogP contribution in [0.5, 0.6) is 11.5 Å². The first-order chi connectivity index (χ1) is 24.1. The summed E-state index contributed by atoms with van der Waals surface area (Å²) in [5, 5.41) is 7.19. The second kappa shape index (κ2) is 14.2. The van der Waals surface area contributed by atoms with Crippen LogP contribution in [0.1, 0.15) is 39.2 Å². The largest absolute Gasteiger partial charge is 0.457 e. The first-order valence-corrected chi connectivity index (χ1v) is 17.9. The average Bonchev–Trinajstić information content (AvgIpc) is 3.43. The number of nitrogens with two attached hydrogens (primary N) is 1. The van der Waals surface area contributed by atoms with Gasteiger partial charge >= 0.3 is 6.09 Å². The molecule has 2 aromatic rings. The van der Waals surface area contributed by atoms with Crippen molar-refractivity contribution in [1.82, 2.24) is 24.6 Å². The summed E-state index contributed by atoms with van der Waals surface area (Å²) in [6.07, 6.45) is 1.82. The molecule has 2 N–H and O–H groups in total. The van der Waals surface area contributed by atoms with Gasteiger partial charge in [-0.25, -0.2) is 14.8 Å². The van der Waals surface area contributed by atoms with Crippen LogP contribution in [0.25, 0.3) is 0 Å². The summed E-state index contributed by atoms with van der Waals surface area (Å²) < 4.78 is 11.5. The van der Waals surface area contributed by atoms with Gasteiger partial charge in [0, 0.05) is 89.5 Å². The maximum Gasteiger partial charge on any atom is 0.410 e. The first kappa shape index (κ1) is 34.2. The summed E-state index contributed by atoms with van der Waals surface area (Å²) >= 11 is 0. The van der Waals surface area contributed by atoms with Gasteiger partial charge in [0.1, 0.15) is 28.6 Å². The Labute approximate surface area is 295 Å². The molecular formula is C38H51N9O3. The number of amidine groups is 1. The van der Waals surface area contributed by atoms with Crippen LogP contribution in [0, 0.1) is 5.92 Å². The first-order valence-electron chi connectivity index (χ1n) is 17.9. The molecule has 12 heteroatoms. The Hall–Kier alpha value is -4.26. The fraction of sp³-hybridized carbons (Fsp3) is 0.526. The van der Waals surface area contributed by atoms with Crippen molar-refractivity contribution in [2.45, 2.75) is 57.3 Å². The Morgan fingerprint density at radius 3 is 2.16 bits per heavy atom. The molecule has 0 radical (unpaired) electrons. The number of carbonyl (C=O) groups is 1. The normalized spacial score (nSPS) is 23.7. The van der Waals surface area contributed by atoms with Gasteiger partial charge in [0.15, 0.2) is 5.84 Å². The van der Waals surface area contributed by atoms with E-state index in [1.807, 2.05) is 80.3 Å². The van der Waals surface area contributed by atoms with E-state index in [4.69, 9.17) is 20.3 Å². The summed E-state index contributed by atoms with van der Waals surface area (Å²) in [5.41, 5.74) is 8.38. The van der Waals surface area contributed by atoms with Crippen LogP contribution in [-0.4, -0.2) is 139 Å². The number of nitrogens with zero attached hydrogens (tertiary/aromatic N) is 8. The van der Waals surface area contributed by atoms with Crippen LogP contribution in [-0.2, 0) is 4.74 Å². The minimum Gasteiger partial charge on any atom is -0.457 e. The average molecular weight is 682 g/mol. The number of likely N-dealkylation sites (tertiary alicyclic amines) is 4. The van der Waals surface area contributed by atoms with Gasteiger partial charge in [-0.1, -0.05) is 18.2 Å². The van der Waals surface area contributed by atoms with Crippen molar-refractivity contribution in [2.24, 2.45) is 26.7 Å². The summed E-state index contributed by atoms with van der Waals surface area (Å²) in [7, 11) is 1.79. The fourth-order valence-electron chi connectivity index (χ4n) is 7.68. The Bertz CT molecular complexity index is 1630. The number of benzene rings is 2. The molecule has 1 amide bonds. The molecule has 2 aromatic carbocycles. The predicted octanol–water partition coefficient (Wildman–Crippen LogP) is 4.10. The zero-order chi connectivity index (χ0) is 35.0. The highest BCUT2D eigenvalue weighted by Gasteiger charge is 2.44. The van der Waals surface area contributed by atoms with Crippen molar-refractivity contribution in [1.29, 1.82) is 0 Å². The number of hydrazone groups is 1. The lowest BCUT2D eigenvalue weighted by Crippen LogP contribution is -2.71. The molecule has 0 aromatic heterocycles. The maximum atomic E-state index is 12.2. The van der Waals surface area contributed by atoms with E-state index in [2.05, 4.69) is 36.4 Å². The Kier molecular flexibility index (Phi) is 9.69. The highest BCUT2D eigenvalue weighted by atomic mass is 16.6. The van der Waals surface area contributed by atoms with E-state index in [9.17, 15) is 4.79 Å². The molecule has 0 atom stereocenters. The lowest BCUT2D eigenvalue weighted by Gasteiger charge is -2.56. The van der Waals surface area contributed by atoms with Gasteiger partial charge < -0.3 is 20.1 Å². The summed E-state index contributed by atoms with van der Waals surface area (Å²) in [6.45, 7) is 18.8. The zero-order valence-corrected chi connectivity index (χ0v) is 29.9. The number of rotatable bonds is 9. The van der Waals surface area contributed by atoms with E-state index in [1.54, 1.807) is 7.05 Å². The Morgan fingerprint density at radius 1 is 0.900 bits per heavy atom. The van der Waals surface area contributed by atoms with Gasteiger partial charge in [-0.05, 0) is 76.7 Å². The van der Waals surface area contributed by atoms with Crippen LogP contribution in [0.3, 0.4) is 0 Å². The molecule has 0 aliphatic carbocycles. The molecule has 7 rings (SSSR count). The van der Waals surface area contributed by atoms with E-state index in [0.717, 1.165) is 106 Å². The van der Waals surface area contributed by atoms with Crippen molar-refractivity contribution < 1.29 is 14.3 Å². The summed E-state index contributed by atoms with van der Waals surface area (Å²) in [5.74, 6) is 3.17. The minimum absolute atomic E-state index is 0.185. The van der Waals surface area contributed by atoms with E-state index < -0.39 is 5.60 Å². The van der Waals surface area contributed by atoms with Gasteiger partial charge in [-0.15, -0.1) is 0 Å². The number of hydrogen-bond donors (Lipinski definition) is 1. The van der Waals surface area contributed by atoms with Crippen LogP contribution >= 0.6 is 0 Å². The van der Waals surface area contributed by atoms with Crippen molar-refractivity contribution in [3.8, 4) is 11.5 Å². The molecule has 0 unspecified atom stereocenters. The van der Waals surface area contributed by atoms with Crippen LogP contribution < -0.4 is 10.5 Å². The van der Waals surface area contributed by atoms with Crippen LogP contribution in [0.4, 0.5) is 4.79 Å². The second-order valence-corrected chi connectivity index (χ2v) is 15.2. The number of piperidine rings is 1. The standard InChI is InChI=1S/C38H51N9O3/c1-38(2,3)50-37(48)46-20-26(21-46)19-43-22-29(23-43)45-24-30(25-45)44-17-15-28(16-18-44)47-36(41-5)33(35(39)40-4)34(42-47)27-11-13-32(14-12-27)49-31-9-7-6-8-10-31/h6-14,26,28-30H,4,15-25,39H2,1-3,5H3/b35-33-,41-36+. The van der Waals surface area contributed by atoms with Crippen molar-refractivity contribution in [3.63, 3.8) is 0 Å². The number of ether oxygens (including phenoxy) is 2. The number of carbonyl (C=O) groups excluding carboxylic acids is 1. The number of hydrogen-bond acceptors (Lipinski definition) is 10. The third-order valence-corrected chi connectivity index (χ3v) is 10.5. The molecular weight excluding hydrogens is 630 g/mol. The van der Waals surface area contributed by atoms with Crippen LogP contribution in [0.2, 0.25) is 0 Å². The van der Waals surface area contributed by atoms with E-state index in [-0.39, 0.29) is 12.1 Å². The minimum atomic E-state index is -0.439. The molecule has 50 heavy (non-hydrogen) atoms. The maximum absolute atomic E-state index is 12.2. The van der Waals surface area contributed by atoms with Gasteiger partial charge in [0.2, 0.25) is 0 Å². The molecule has 0 bridgehead atoms. The molecule has 12 nitrogen and oxygen atoms in total. The van der Waals surface area contributed by atoms with Gasteiger partial charge in [-0.2, -0.15) is 5.10 Å². The molecule has 0 saturated carbocycles. The number of aliphatic imine (C=N–C) groups is 2. The number of para-hydroxylation sites is 1. The predicted molar refractivity (Wildman–Crippen MR) is 197 cm³/mol. The molecule has 5 heterocycles. The molecule has 0 spiro atoms. The molecule has 4 fully saturated rings. The second-order valence-electron chi connectivity index (χ2n) is 15.2. The monoisotopic (exact) mass is 681 g/mol. The summed E-state index contributed by atoms with van der Waals surface area (Å²) in [6, 6.07) is 19.1. The molecule has 5 aliphatic rings. The highest BCUT2D eigenvalue weighted by Crippen LogP contribution is 2.33. The van der Waals surface area contributed by atoms with E-state index in [1.165, 1.54) is 0 Å². The summed E-state index contributed by atoms with van der Waals surface area (Å²) in [4.78, 5) is 30.7. The topological polar surface area (TPSA) is 115 Å². The fourth-order valence-corrected chi connectivity index (χ4v) is 7.68. The molecule has 4 saturated heterocycles. The van der Waals surface area contributed by atoms with Crippen molar-refractivity contribution >= 4 is 24.4 Å². The SMILES string of the molecule is C=N/C(N)=C1/C(c2ccc(Oc3ccccc3)cc2)=NN(C2CCN(C3CN(C4CN(CC5CN(C(=O)OC(C)(C)C)C5)C4)C3)CC2)/C1=N/C. The van der Waals surface area contributed by atoms with Gasteiger partial charge in [0.05, 0.1) is 11.6 Å². The van der Waals surface area contributed by atoms with E-state index >= 15 is 0 Å². The van der Waals surface area contributed by atoms with Crippen LogP contribution in [0.15, 0.2) is 81.1 Å². The number of amides is 1. The zero-order valence-electron chi connectivity index (χ0n) is 29.9. The van der Waals surface area contributed by atoms with Crippen molar-refractivity contribution in [2.75, 3.05) is 66.0 Å². The lowest BCUT2D eigenvalue weighted by atomic mass is 9.93. The third kappa shape index (κ3) is 7.28. The Morgan fingerprint density at radius 2 is 1.54 bits per heavy atom. The molecule has 5 aliphatic heterocycles. The van der Waals surface area contributed by atoms with Gasteiger partial charge in [-0.3, -0.25) is 19.7 Å². The van der Waals surface area contributed by atoms with E-state index in [0.29, 0.717) is 23.8 Å². The van der Waals surface area contributed by atoms with Crippen molar-refractivity contribution in [3.05, 3.63) is 71.6 Å².